The van der Waals surface area contributed by atoms with Crippen LogP contribution in [0, 0.1) is 0 Å². The molecule has 2 aromatic heterocycles. The van der Waals surface area contributed by atoms with E-state index in [0.29, 0.717) is 0 Å². The van der Waals surface area contributed by atoms with Crippen molar-refractivity contribution in [2.24, 2.45) is 0 Å². The van der Waals surface area contributed by atoms with Gasteiger partial charge in [-0.05, 0) is 58.3 Å². The minimum Gasteiger partial charge on any atom is -0.308 e. The first kappa shape index (κ1) is 13.8. The zero-order valence-corrected chi connectivity index (χ0v) is 14.9. The molecule has 0 N–H and O–H groups in total. The lowest BCUT2D eigenvalue weighted by molar-refractivity contribution is 1.12. The van der Waals surface area contributed by atoms with Crippen molar-refractivity contribution in [2.45, 2.75) is 12.8 Å². The molecule has 0 fully saturated rings. The van der Waals surface area contributed by atoms with Crippen molar-refractivity contribution in [2.75, 3.05) is 0 Å². The van der Waals surface area contributed by atoms with E-state index in [1.165, 1.54) is 59.3 Å². The minimum absolute atomic E-state index is 1.14. The van der Waals surface area contributed by atoms with Crippen molar-refractivity contribution in [1.82, 2.24) is 4.40 Å². The number of nitrogens with zero attached hydrogens (tertiary/aromatic N) is 1. The van der Waals surface area contributed by atoms with Gasteiger partial charge in [0.05, 0.1) is 16.6 Å². The highest BCUT2D eigenvalue weighted by atomic mass is 14.9. The van der Waals surface area contributed by atoms with Gasteiger partial charge in [0.1, 0.15) is 0 Å². The van der Waals surface area contributed by atoms with Gasteiger partial charge in [-0.2, -0.15) is 0 Å². The van der Waals surface area contributed by atoms with E-state index in [1.54, 1.807) is 0 Å². The average Bonchev–Trinajstić information content (AvgIpc) is 3.21. The van der Waals surface area contributed by atoms with Crippen LogP contribution in [-0.4, -0.2) is 4.40 Å². The maximum absolute atomic E-state index is 2.49. The fraction of sp³-hybridized carbons (Fsp3) is 0.0769. The summed E-state index contributed by atoms with van der Waals surface area (Å²) in [6, 6.07) is 25.0. The summed E-state index contributed by atoms with van der Waals surface area (Å²) in [5.74, 6) is 0. The van der Waals surface area contributed by atoms with Gasteiger partial charge in [-0.15, -0.1) is 0 Å². The Hall–Kier alpha value is -3.32. The number of hydrogen-bond acceptors (Lipinski definition) is 0. The Morgan fingerprint density at radius 3 is 1.96 bits per heavy atom. The average molecular weight is 343 g/mol. The molecule has 1 heteroatoms. The van der Waals surface area contributed by atoms with Crippen LogP contribution in [0.25, 0.3) is 61.0 Å². The van der Waals surface area contributed by atoms with Gasteiger partial charge < -0.3 is 4.40 Å². The molecule has 2 heterocycles. The molecule has 1 nitrogen and oxygen atoms in total. The van der Waals surface area contributed by atoms with E-state index in [0.717, 1.165) is 12.8 Å². The molecule has 0 bridgehead atoms. The number of aromatic nitrogens is 1. The molecule has 7 rings (SSSR count). The van der Waals surface area contributed by atoms with E-state index in [4.69, 9.17) is 0 Å². The van der Waals surface area contributed by atoms with Crippen molar-refractivity contribution in [3.8, 4) is 0 Å². The highest BCUT2D eigenvalue weighted by Crippen LogP contribution is 2.39. The molecule has 0 amide bonds. The van der Waals surface area contributed by atoms with Gasteiger partial charge >= 0.3 is 0 Å². The number of para-hydroxylation sites is 1. The van der Waals surface area contributed by atoms with E-state index >= 15 is 0 Å². The van der Waals surface area contributed by atoms with Gasteiger partial charge in [-0.3, -0.25) is 0 Å². The van der Waals surface area contributed by atoms with Crippen molar-refractivity contribution in [1.29, 1.82) is 0 Å². The van der Waals surface area contributed by atoms with Crippen LogP contribution in [-0.2, 0) is 0 Å². The molecular weight excluding hydrogens is 326 g/mol. The number of benzene rings is 4. The van der Waals surface area contributed by atoms with Gasteiger partial charge in [0.25, 0.3) is 0 Å². The molecule has 0 radical (unpaired) electrons. The van der Waals surface area contributed by atoms with Crippen LogP contribution in [0.5, 0.6) is 0 Å². The van der Waals surface area contributed by atoms with E-state index in [-0.39, 0.29) is 0 Å². The summed E-state index contributed by atoms with van der Waals surface area (Å²) in [4.78, 5) is 0. The van der Waals surface area contributed by atoms with Crippen LogP contribution in [0.3, 0.4) is 0 Å². The molecule has 126 valence electrons. The third-order valence-electron chi connectivity index (χ3n) is 6.28. The Labute approximate surface area is 155 Å². The summed E-state index contributed by atoms with van der Waals surface area (Å²) in [7, 11) is 0. The molecule has 0 spiro atoms. The fourth-order valence-corrected chi connectivity index (χ4v) is 5.07. The summed E-state index contributed by atoms with van der Waals surface area (Å²) < 4.78 is 2.49. The molecule has 0 atom stereocenters. The Bertz CT molecular complexity index is 1660. The normalized spacial score (nSPS) is 14.2. The maximum atomic E-state index is 2.49. The van der Waals surface area contributed by atoms with Crippen LogP contribution in [0.4, 0.5) is 0 Å². The third-order valence-corrected chi connectivity index (χ3v) is 6.28. The molecule has 27 heavy (non-hydrogen) atoms. The van der Waals surface area contributed by atoms with Crippen LogP contribution >= 0.6 is 0 Å². The zero-order chi connectivity index (χ0) is 17.5. The van der Waals surface area contributed by atoms with Crippen LogP contribution in [0.1, 0.15) is 12.8 Å². The Morgan fingerprint density at radius 1 is 0.556 bits per heavy atom. The summed E-state index contributed by atoms with van der Waals surface area (Å²) in [6.45, 7) is 0. The molecule has 1 aliphatic carbocycles. The highest BCUT2D eigenvalue weighted by molar-refractivity contribution is 6.24. The first-order chi connectivity index (χ1) is 13.4. The molecule has 1 aliphatic rings. The Kier molecular flexibility index (Phi) is 2.40. The van der Waals surface area contributed by atoms with Crippen molar-refractivity contribution >= 4 is 61.0 Å². The van der Waals surface area contributed by atoms with E-state index < -0.39 is 0 Å². The molecule has 0 saturated heterocycles. The lowest BCUT2D eigenvalue weighted by Gasteiger charge is -2.03. The van der Waals surface area contributed by atoms with Gasteiger partial charge in [0.2, 0.25) is 0 Å². The molecule has 0 saturated carbocycles. The highest BCUT2D eigenvalue weighted by Gasteiger charge is 2.17. The lowest BCUT2D eigenvalue weighted by atomic mass is 10.0. The minimum atomic E-state index is 1.14. The van der Waals surface area contributed by atoms with E-state index in [9.17, 15) is 0 Å². The maximum Gasteiger partial charge on any atom is 0.0620 e. The summed E-state index contributed by atoms with van der Waals surface area (Å²) >= 11 is 0. The second-order valence-electron chi connectivity index (χ2n) is 7.74. The smallest absolute Gasteiger partial charge is 0.0620 e. The topological polar surface area (TPSA) is 4.41 Å². The van der Waals surface area contributed by atoms with Gasteiger partial charge in [0.15, 0.2) is 0 Å². The van der Waals surface area contributed by atoms with Crippen LogP contribution < -0.4 is 10.4 Å². The van der Waals surface area contributed by atoms with Gasteiger partial charge in [-0.25, -0.2) is 0 Å². The lowest BCUT2D eigenvalue weighted by Crippen LogP contribution is -2.26. The number of rotatable bonds is 0. The second kappa shape index (κ2) is 4.69. The standard InChI is InChI=1S/C26H17N/c1-3-8-18-14-24-22(12-16(18)6-1)20-10-5-11-21-23-13-17-7-2-4-9-19(17)15-25(23)27(24)26(20)21/h1,3,5-15H,2,4H2. The Morgan fingerprint density at radius 2 is 1.19 bits per heavy atom. The first-order valence-electron chi connectivity index (χ1n) is 9.70. The van der Waals surface area contributed by atoms with Gasteiger partial charge in [-0.1, -0.05) is 54.6 Å². The summed E-state index contributed by atoms with van der Waals surface area (Å²) in [5, 5.41) is 10.8. The summed E-state index contributed by atoms with van der Waals surface area (Å²) in [5.41, 5.74) is 4.01. The predicted octanol–water partition coefficient (Wildman–Crippen LogP) is 5.34. The van der Waals surface area contributed by atoms with E-state index in [2.05, 4.69) is 83.3 Å². The van der Waals surface area contributed by atoms with Gasteiger partial charge in [0, 0.05) is 21.5 Å². The molecule has 0 unspecified atom stereocenters. The van der Waals surface area contributed by atoms with E-state index in [1.807, 2.05) is 0 Å². The zero-order valence-electron chi connectivity index (χ0n) is 14.9. The molecule has 0 aliphatic heterocycles. The van der Waals surface area contributed by atoms with Crippen molar-refractivity contribution in [3.63, 3.8) is 0 Å². The monoisotopic (exact) mass is 343 g/mol. The number of fused-ring (bicyclic) bond motifs is 8. The summed E-state index contributed by atoms with van der Waals surface area (Å²) in [6.07, 6.45) is 7.06. The number of hydrogen-bond donors (Lipinski definition) is 0. The largest absolute Gasteiger partial charge is 0.308 e. The van der Waals surface area contributed by atoms with Crippen molar-refractivity contribution < 1.29 is 0 Å². The molecule has 4 aromatic carbocycles. The fourth-order valence-electron chi connectivity index (χ4n) is 5.07. The molecular formula is C26H17N. The second-order valence-corrected chi connectivity index (χ2v) is 7.74. The third kappa shape index (κ3) is 1.65. The first-order valence-corrected chi connectivity index (χ1v) is 9.70. The SMILES string of the molecule is C1=c2cc3c4cccc5c6cc7ccccc7cc6n(c3cc2=CCC1)c45. The molecule has 6 aromatic rings. The van der Waals surface area contributed by atoms with Crippen LogP contribution in [0.15, 0.2) is 66.7 Å². The quantitative estimate of drug-likeness (QED) is 0.350. The Balaban J connectivity index is 1.84. The van der Waals surface area contributed by atoms with Crippen LogP contribution in [0.2, 0.25) is 0 Å². The van der Waals surface area contributed by atoms with Crippen molar-refractivity contribution in [3.05, 3.63) is 77.2 Å². The predicted molar refractivity (Wildman–Crippen MR) is 116 cm³/mol.